The third-order valence-electron chi connectivity index (χ3n) is 3.27. The van der Waals surface area contributed by atoms with Crippen LogP contribution in [0.3, 0.4) is 0 Å². The van der Waals surface area contributed by atoms with Crippen LogP contribution in [0.25, 0.3) is 0 Å². The fraction of sp³-hybridized carbons (Fsp3) is 0.500. The van der Waals surface area contributed by atoms with E-state index in [2.05, 4.69) is 10.3 Å². The van der Waals surface area contributed by atoms with Crippen LogP contribution in [0.2, 0.25) is 0 Å². The van der Waals surface area contributed by atoms with E-state index in [1.807, 2.05) is 11.0 Å². The van der Waals surface area contributed by atoms with E-state index in [4.69, 9.17) is 5.26 Å². The lowest BCUT2D eigenvalue weighted by Gasteiger charge is -2.24. The number of nitriles is 1. The molecule has 1 aromatic rings. The molecule has 5 heteroatoms. The predicted molar refractivity (Wildman–Crippen MR) is 72.6 cm³/mol. The topological polar surface area (TPSA) is 69.0 Å². The van der Waals surface area contributed by atoms with E-state index in [0.717, 1.165) is 25.9 Å². The van der Waals surface area contributed by atoms with Gasteiger partial charge in [0.2, 0.25) is 0 Å². The SMILES string of the molecule is N#Cc1ccc(NC(=O)N2CCCCCCC2)nc1. The first kappa shape index (κ1) is 13.3. The number of likely N-dealkylation sites (tertiary alicyclic amines) is 1. The summed E-state index contributed by atoms with van der Waals surface area (Å²) in [6.45, 7) is 1.62. The Morgan fingerprint density at radius 2 is 1.89 bits per heavy atom. The Hall–Kier alpha value is -2.09. The van der Waals surface area contributed by atoms with Gasteiger partial charge in [0.1, 0.15) is 11.9 Å². The van der Waals surface area contributed by atoms with Gasteiger partial charge in [0.05, 0.1) is 5.56 Å². The predicted octanol–water partition coefficient (Wildman–Crippen LogP) is 2.75. The number of anilines is 1. The minimum Gasteiger partial charge on any atom is -0.325 e. The fourth-order valence-electron chi connectivity index (χ4n) is 2.17. The van der Waals surface area contributed by atoms with Crippen LogP contribution in [0.5, 0.6) is 0 Å². The lowest BCUT2D eigenvalue weighted by atomic mass is 10.1. The highest BCUT2D eigenvalue weighted by molar-refractivity contribution is 5.88. The van der Waals surface area contributed by atoms with E-state index in [0.29, 0.717) is 11.4 Å². The number of rotatable bonds is 1. The zero-order valence-electron chi connectivity index (χ0n) is 10.9. The molecule has 1 aliphatic rings. The van der Waals surface area contributed by atoms with Crippen molar-refractivity contribution < 1.29 is 4.79 Å². The number of pyridine rings is 1. The first-order valence-corrected chi connectivity index (χ1v) is 6.71. The number of nitrogens with zero attached hydrogens (tertiary/aromatic N) is 3. The molecule has 1 N–H and O–H groups in total. The van der Waals surface area contributed by atoms with Gasteiger partial charge in [0, 0.05) is 19.3 Å². The number of hydrogen-bond acceptors (Lipinski definition) is 3. The Morgan fingerprint density at radius 1 is 1.21 bits per heavy atom. The molecule has 2 heterocycles. The van der Waals surface area contributed by atoms with Gasteiger partial charge < -0.3 is 4.90 Å². The van der Waals surface area contributed by atoms with Crippen molar-refractivity contribution in [2.75, 3.05) is 18.4 Å². The average molecular weight is 258 g/mol. The molecule has 2 amide bonds. The van der Waals surface area contributed by atoms with Crippen molar-refractivity contribution in [3.05, 3.63) is 23.9 Å². The first-order valence-electron chi connectivity index (χ1n) is 6.71. The Balaban J connectivity index is 1.93. The van der Waals surface area contributed by atoms with Gasteiger partial charge in [-0.25, -0.2) is 9.78 Å². The number of carbonyl (C=O) groups excluding carboxylic acids is 1. The zero-order valence-corrected chi connectivity index (χ0v) is 10.9. The van der Waals surface area contributed by atoms with E-state index >= 15 is 0 Å². The van der Waals surface area contributed by atoms with Crippen LogP contribution >= 0.6 is 0 Å². The van der Waals surface area contributed by atoms with Crippen molar-refractivity contribution in [3.63, 3.8) is 0 Å². The van der Waals surface area contributed by atoms with Crippen molar-refractivity contribution in [3.8, 4) is 6.07 Å². The summed E-state index contributed by atoms with van der Waals surface area (Å²) in [4.78, 5) is 18.0. The maximum absolute atomic E-state index is 12.1. The molecule has 0 bridgehead atoms. The minimum atomic E-state index is -0.0980. The van der Waals surface area contributed by atoms with Gasteiger partial charge in [-0.3, -0.25) is 5.32 Å². The van der Waals surface area contributed by atoms with Crippen LogP contribution in [-0.4, -0.2) is 29.0 Å². The van der Waals surface area contributed by atoms with Gasteiger partial charge in [-0.1, -0.05) is 19.3 Å². The van der Waals surface area contributed by atoms with Crippen molar-refractivity contribution >= 4 is 11.8 Å². The van der Waals surface area contributed by atoms with Crippen molar-refractivity contribution in [2.45, 2.75) is 32.1 Å². The second kappa shape index (κ2) is 6.74. The number of aromatic nitrogens is 1. The molecule has 1 fully saturated rings. The number of amides is 2. The molecule has 0 atom stereocenters. The van der Waals surface area contributed by atoms with Gasteiger partial charge in [-0.15, -0.1) is 0 Å². The molecular formula is C14H18N4O. The number of carbonyl (C=O) groups is 1. The van der Waals surface area contributed by atoms with Gasteiger partial charge in [0.15, 0.2) is 0 Å². The van der Waals surface area contributed by atoms with Gasteiger partial charge >= 0.3 is 6.03 Å². The maximum atomic E-state index is 12.1. The van der Waals surface area contributed by atoms with Crippen molar-refractivity contribution in [2.24, 2.45) is 0 Å². The molecule has 0 unspecified atom stereocenters. The van der Waals surface area contributed by atoms with Crippen molar-refractivity contribution in [1.29, 1.82) is 5.26 Å². The molecule has 0 spiro atoms. The normalized spacial score (nSPS) is 16.1. The van der Waals surface area contributed by atoms with Gasteiger partial charge in [-0.2, -0.15) is 5.26 Å². The Labute approximate surface area is 113 Å². The van der Waals surface area contributed by atoms with E-state index in [1.165, 1.54) is 25.5 Å². The van der Waals surface area contributed by atoms with Crippen LogP contribution in [0, 0.1) is 11.3 Å². The Bertz CT molecular complexity index is 455. The minimum absolute atomic E-state index is 0.0980. The van der Waals surface area contributed by atoms with Crippen LogP contribution in [0.4, 0.5) is 10.6 Å². The molecule has 2 rings (SSSR count). The monoisotopic (exact) mass is 258 g/mol. The number of nitrogens with one attached hydrogen (secondary N) is 1. The fourth-order valence-corrected chi connectivity index (χ4v) is 2.17. The van der Waals surface area contributed by atoms with E-state index in [1.54, 1.807) is 12.1 Å². The van der Waals surface area contributed by atoms with Gasteiger partial charge in [0.25, 0.3) is 0 Å². The third-order valence-corrected chi connectivity index (χ3v) is 3.27. The standard InChI is InChI=1S/C14H18N4O/c15-10-12-6-7-13(16-11-12)17-14(19)18-8-4-2-1-3-5-9-18/h6-7,11H,1-5,8-9H2,(H,16,17,19). The van der Waals surface area contributed by atoms with E-state index in [9.17, 15) is 4.79 Å². The Morgan fingerprint density at radius 3 is 2.47 bits per heavy atom. The molecule has 0 saturated carbocycles. The molecule has 5 nitrogen and oxygen atoms in total. The maximum Gasteiger partial charge on any atom is 0.323 e. The largest absolute Gasteiger partial charge is 0.325 e. The summed E-state index contributed by atoms with van der Waals surface area (Å²) in [5.74, 6) is 0.492. The summed E-state index contributed by atoms with van der Waals surface area (Å²) < 4.78 is 0. The highest BCUT2D eigenvalue weighted by atomic mass is 16.2. The molecule has 1 aromatic heterocycles. The quantitative estimate of drug-likeness (QED) is 0.842. The molecular weight excluding hydrogens is 240 g/mol. The molecule has 0 aliphatic carbocycles. The summed E-state index contributed by atoms with van der Waals surface area (Å²) in [5, 5.41) is 11.5. The zero-order chi connectivity index (χ0) is 13.5. The summed E-state index contributed by atoms with van der Waals surface area (Å²) in [6.07, 6.45) is 7.25. The van der Waals surface area contributed by atoms with Gasteiger partial charge in [-0.05, 0) is 25.0 Å². The molecule has 100 valence electrons. The second-order valence-corrected chi connectivity index (χ2v) is 4.73. The average Bonchev–Trinajstić information content (AvgIpc) is 2.39. The molecule has 0 radical (unpaired) electrons. The lowest BCUT2D eigenvalue weighted by molar-refractivity contribution is 0.206. The summed E-state index contributed by atoms with van der Waals surface area (Å²) in [5.41, 5.74) is 0.490. The number of hydrogen-bond donors (Lipinski definition) is 1. The highest BCUT2D eigenvalue weighted by Gasteiger charge is 2.14. The molecule has 1 aliphatic heterocycles. The van der Waals surface area contributed by atoms with Crippen LogP contribution in [0.1, 0.15) is 37.7 Å². The Kier molecular flexibility index (Phi) is 4.73. The summed E-state index contributed by atoms with van der Waals surface area (Å²) in [6, 6.07) is 5.20. The lowest BCUT2D eigenvalue weighted by Crippen LogP contribution is -2.37. The number of urea groups is 1. The summed E-state index contributed by atoms with van der Waals surface area (Å²) in [7, 11) is 0. The molecule has 0 aromatic carbocycles. The van der Waals surface area contributed by atoms with E-state index in [-0.39, 0.29) is 6.03 Å². The molecule has 1 saturated heterocycles. The van der Waals surface area contributed by atoms with Crippen LogP contribution in [0.15, 0.2) is 18.3 Å². The van der Waals surface area contributed by atoms with Crippen LogP contribution in [-0.2, 0) is 0 Å². The second-order valence-electron chi connectivity index (χ2n) is 4.73. The van der Waals surface area contributed by atoms with Crippen molar-refractivity contribution in [1.82, 2.24) is 9.88 Å². The first-order chi connectivity index (χ1) is 9.29. The summed E-state index contributed by atoms with van der Waals surface area (Å²) >= 11 is 0. The smallest absolute Gasteiger partial charge is 0.323 e. The third kappa shape index (κ3) is 3.95. The van der Waals surface area contributed by atoms with E-state index < -0.39 is 0 Å². The van der Waals surface area contributed by atoms with Crippen LogP contribution < -0.4 is 5.32 Å². The molecule has 19 heavy (non-hydrogen) atoms. The highest BCUT2D eigenvalue weighted by Crippen LogP contribution is 2.12.